The number of nitrogens with two attached hydrogens (primary N) is 1. The van der Waals surface area contributed by atoms with Crippen molar-refractivity contribution in [2.45, 2.75) is 37.1 Å². The predicted octanol–water partition coefficient (Wildman–Crippen LogP) is 3.75. The van der Waals surface area contributed by atoms with Crippen LogP contribution in [0.4, 0.5) is 8.78 Å². The van der Waals surface area contributed by atoms with E-state index < -0.39 is 11.5 Å². The van der Waals surface area contributed by atoms with Gasteiger partial charge in [-0.3, -0.25) is 0 Å². The third-order valence-electron chi connectivity index (χ3n) is 3.22. The second kappa shape index (κ2) is 4.34. The number of hydrogen-bond acceptors (Lipinski definition) is 2. The van der Waals surface area contributed by atoms with Gasteiger partial charge in [0.1, 0.15) is 10.3 Å². The smallest absolute Gasteiger partial charge is 0.248 e. The lowest BCUT2D eigenvalue weighted by Crippen LogP contribution is -2.43. The third kappa shape index (κ3) is 2.69. The fourth-order valence-electron chi connectivity index (χ4n) is 2.11. The molecule has 17 heavy (non-hydrogen) atoms. The Balaban J connectivity index is 2.27. The molecule has 0 aliphatic heterocycles. The van der Waals surface area contributed by atoms with Gasteiger partial charge in [-0.1, -0.05) is 29.3 Å². The van der Waals surface area contributed by atoms with Crippen LogP contribution in [-0.4, -0.2) is 10.9 Å². The van der Waals surface area contributed by atoms with Crippen molar-refractivity contribution in [1.29, 1.82) is 0 Å². The first-order valence-corrected chi connectivity index (χ1v) is 6.07. The van der Waals surface area contributed by atoms with E-state index in [1.807, 2.05) is 0 Å². The minimum atomic E-state index is -2.62. The average molecular weight is 281 g/mol. The summed E-state index contributed by atoms with van der Waals surface area (Å²) in [6.45, 7) is 0. The molecule has 2 rings (SSSR count). The zero-order valence-corrected chi connectivity index (χ0v) is 10.5. The summed E-state index contributed by atoms with van der Waals surface area (Å²) in [6.07, 6.45) is -0.0447. The minimum Gasteiger partial charge on any atom is -0.321 e. The molecule has 0 unspecified atom stereocenters. The highest BCUT2D eigenvalue weighted by Crippen LogP contribution is 2.43. The normalized spacial score (nSPS) is 22.4. The van der Waals surface area contributed by atoms with Crippen LogP contribution in [0.2, 0.25) is 10.3 Å². The molecule has 1 fully saturated rings. The van der Waals surface area contributed by atoms with Crippen LogP contribution in [0.3, 0.4) is 0 Å². The second-order valence-electron chi connectivity index (χ2n) is 4.48. The van der Waals surface area contributed by atoms with Crippen LogP contribution in [0.25, 0.3) is 0 Å². The van der Waals surface area contributed by atoms with E-state index in [4.69, 9.17) is 28.9 Å². The lowest BCUT2D eigenvalue weighted by Gasteiger charge is -2.37. The molecular weight excluding hydrogens is 269 g/mol. The summed E-state index contributed by atoms with van der Waals surface area (Å²) in [6, 6.07) is 3.24. The Morgan fingerprint density at radius 3 is 2.24 bits per heavy atom. The van der Waals surface area contributed by atoms with Gasteiger partial charge in [-0.25, -0.2) is 13.8 Å². The SMILES string of the molecule is NC1(c2ccc(Cl)nc2Cl)CCC(F)(F)CC1. The first-order valence-electron chi connectivity index (χ1n) is 5.32. The van der Waals surface area contributed by atoms with E-state index in [2.05, 4.69) is 4.98 Å². The zero-order valence-electron chi connectivity index (χ0n) is 9.02. The van der Waals surface area contributed by atoms with Crippen LogP contribution in [0.1, 0.15) is 31.2 Å². The van der Waals surface area contributed by atoms with E-state index in [0.717, 1.165) is 0 Å². The lowest BCUT2D eigenvalue weighted by atomic mass is 9.76. The molecule has 1 aliphatic carbocycles. The molecule has 1 aliphatic rings. The molecule has 1 aromatic heterocycles. The summed E-state index contributed by atoms with van der Waals surface area (Å²) in [7, 11) is 0. The van der Waals surface area contributed by atoms with Crippen molar-refractivity contribution in [2.75, 3.05) is 0 Å². The van der Waals surface area contributed by atoms with E-state index in [1.165, 1.54) is 0 Å². The fraction of sp³-hybridized carbons (Fsp3) is 0.545. The quantitative estimate of drug-likeness (QED) is 0.796. The summed E-state index contributed by atoms with van der Waals surface area (Å²) in [5, 5.41) is 0.466. The maximum Gasteiger partial charge on any atom is 0.248 e. The molecule has 1 aromatic rings. The van der Waals surface area contributed by atoms with Gasteiger partial charge in [0.25, 0.3) is 0 Å². The van der Waals surface area contributed by atoms with Gasteiger partial charge in [-0.05, 0) is 18.9 Å². The minimum absolute atomic E-state index is 0.197. The molecule has 0 amide bonds. The molecule has 1 saturated carbocycles. The monoisotopic (exact) mass is 280 g/mol. The standard InChI is InChI=1S/C11H12Cl2F2N2/c12-8-2-1-7(9(13)17-8)10(16)3-5-11(14,15)6-4-10/h1-2H,3-6,16H2. The number of pyridine rings is 1. The Morgan fingerprint density at radius 1 is 1.12 bits per heavy atom. The van der Waals surface area contributed by atoms with Gasteiger partial charge in [0.05, 0.1) is 0 Å². The molecule has 94 valence electrons. The largest absolute Gasteiger partial charge is 0.321 e. The van der Waals surface area contributed by atoms with Crippen LogP contribution in [0.5, 0.6) is 0 Å². The first kappa shape index (κ1) is 13.0. The van der Waals surface area contributed by atoms with Crippen LogP contribution >= 0.6 is 23.2 Å². The van der Waals surface area contributed by atoms with Gasteiger partial charge in [0.15, 0.2) is 0 Å². The van der Waals surface area contributed by atoms with Gasteiger partial charge in [-0.15, -0.1) is 0 Å². The highest BCUT2D eigenvalue weighted by Gasteiger charge is 2.43. The summed E-state index contributed by atoms with van der Waals surface area (Å²) in [5.41, 5.74) is 5.92. The molecule has 1 heterocycles. The topological polar surface area (TPSA) is 38.9 Å². The molecule has 0 radical (unpaired) electrons. The first-order chi connectivity index (χ1) is 7.82. The number of halogens is 4. The van der Waals surface area contributed by atoms with Crippen molar-refractivity contribution >= 4 is 23.2 Å². The van der Waals surface area contributed by atoms with E-state index in [9.17, 15) is 8.78 Å². The molecule has 0 spiro atoms. The van der Waals surface area contributed by atoms with Gasteiger partial charge in [-0.2, -0.15) is 0 Å². The number of alkyl halides is 2. The molecule has 6 heteroatoms. The Labute approximate surface area is 108 Å². The van der Waals surface area contributed by atoms with E-state index in [1.54, 1.807) is 12.1 Å². The molecule has 0 atom stereocenters. The van der Waals surface area contributed by atoms with Crippen molar-refractivity contribution < 1.29 is 8.78 Å². The molecular formula is C11H12Cl2F2N2. The maximum absolute atomic E-state index is 13.1. The van der Waals surface area contributed by atoms with Crippen molar-refractivity contribution in [3.8, 4) is 0 Å². The van der Waals surface area contributed by atoms with Crippen LogP contribution in [0, 0.1) is 0 Å². The molecule has 2 nitrogen and oxygen atoms in total. The van der Waals surface area contributed by atoms with Crippen molar-refractivity contribution in [3.05, 3.63) is 28.0 Å². The number of rotatable bonds is 1. The van der Waals surface area contributed by atoms with E-state index in [-0.39, 0.29) is 36.0 Å². The van der Waals surface area contributed by atoms with E-state index >= 15 is 0 Å². The van der Waals surface area contributed by atoms with Gasteiger partial charge in [0, 0.05) is 23.9 Å². The third-order valence-corrected chi connectivity index (χ3v) is 3.72. The summed E-state index contributed by atoms with van der Waals surface area (Å²) < 4.78 is 26.2. The van der Waals surface area contributed by atoms with Crippen molar-refractivity contribution in [3.63, 3.8) is 0 Å². The summed E-state index contributed by atoms with van der Waals surface area (Å²) >= 11 is 11.7. The lowest BCUT2D eigenvalue weighted by molar-refractivity contribution is -0.0514. The van der Waals surface area contributed by atoms with E-state index in [0.29, 0.717) is 5.56 Å². The molecule has 0 bridgehead atoms. The molecule has 0 aromatic carbocycles. The zero-order chi connectivity index (χ0) is 12.7. The summed E-state index contributed by atoms with van der Waals surface area (Å²) in [4.78, 5) is 3.89. The predicted molar refractivity (Wildman–Crippen MR) is 63.5 cm³/mol. The Bertz CT molecular complexity index is 427. The van der Waals surface area contributed by atoms with Crippen LogP contribution < -0.4 is 5.73 Å². The number of hydrogen-bond donors (Lipinski definition) is 1. The van der Waals surface area contributed by atoms with Crippen molar-refractivity contribution in [1.82, 2.24) is 4.98 Å². The Morgan fingerprint density at radius 2 is 1.71 bits per heavy atom. The number of aromatic nitrogens is 1. The highest BCUT2D eigenvalue weighted by molar-refractivity contribution is 6.32. The van der Waals surface area contributed by atoms with Crippen LogP contribution in [-0.2, 0) is 5.54 Å². The van der Waals surface area contributed by atoms with Gasteiger partial charge >= 0.3 is 0 Å². The molecule has 2 N–H and O–H groups in total. The second-order valence-corrected chi connectivity index (χ2v) is 5.23. The van der Waals surface area contributed by atoms with Crippen LogP contribution in [0.15, 0.2) is 12.1 Å². The van der Waals surface area contributed by atoms with Gasteiger partial charge in [0.2, 0.25) is 5.92 Å². The Kier molecular flexibility index (Phi) is 3.31. The number of nitrogens with zero attached hydrogens (tertiary/aromatic N) is 1. The maximum atomic E-state index is 13.1. The Hall–Kier alpha value is -0.450. The highest BCUT2D eigenvalue weighted by atomic mass is 35.5. The van der Waals surface area contributed by atoms with Gasteiger partial charge < -0.3 is 5.73 Å². The fourth-order valence-corrected chi connectivity index (χ4v) is 2.65. The average Bonchev–Trinajstić information content (AvgIpc) is 2.23. The summed E-state index contributed by atoms with van der Waals surface area (Å²) in [5.74, 6) is -2.62. The van der Waals surface area contributed by atoms with Crippen molar-refractivity contribution in [2.24, 2.45) is 5.73 Å². The molecule has 0 saturated heterocycles.